The van der Waals surface area contributed by atoms with Gasteiger partial charge in [0.05, 0.1) is 77.4 Å². The standard InChI is InChI=1S/C20H20N6O2S.C17H10N6O2S.C16H12N4O2S.2C15H10N4O2S.C11H9N3O3S.ClH/c1-24-6-8-25(9-7-24)18-11-15(4-5-21-18)14-2-3-17-16(10-14)13-22-26(17)20-12-19(27)23-29(20)28;24-15-7-16(26(25)22-15)23-14-2-1-10(5-12(14)9-21-23)11-6-13-17(20-8-11)19-4-3-18-13;1-10-4-12(8-17-7-10)11-2-3-14-13(5-11)9-18-20(14)16-6-15(21)19-23(16)22;20-14-8-15(22(21)18-14)19-13-2-1-11(7-12(13)9-17-19)10-3-5-16-6-4-10;20-14-7-15(22(21)18-14)19-13-4-3-10(6-12(13)9-17-19)11-2-1-5-16-8-11;1-17-8-3-2-7-6-12-14(9(7)4-8)11-5-10(15)13-18(11)16;/h2-5,10-13H,6-9H2,1H3,(H,23,27);1-9H,(H,22,24);2-9H,1H3,(H,19,21);2*1-9H,(H,18,20);2-6H,1H3,(H,13,15);1H. The first-order valence-corrected chi connectivity index (χ1v) is 49.2. The maximum Gasteiger partial charge on any atom is 0.258 e. The summed E-state index contributed by atoms with van der Waals surface area (Å²) in [4.78, 5) is 102. The highest BCUT2D eigenvalue weighted by Gasteiger charge is 2.31. The molecule has 47 heteroatoms. The second-order valence-electron chi connectivity index (χ2n) is 31.5. The molecule has 7 aliphatic rings. The molecule has 1 fully saturated rings. The molecular weight excluding hydrogens is 1940 g/mol. The average molecular weight is 2020 g/mol. The Morgan fingerprint density at radius 2 is 0.667 bits per heavy atom. The fourth-order valence-electron chi connectivity index (χ4n) is 15.7. The summed E-state index contributed by atoms with van der Waals surface area (Å²) in [6.07, 6.45) is 35.4. The van der Waals surface area contributed by atoms with E-state index in [1.807, 2.05) is 159 Å². The molecule has 6 unspecified atom stereocenters. The van der Waals surface area contributed by atoms with Crippen LogP contribution in [-0.4, -0.2) is 200 Å². The van der Waals surface area contributed by atoms with Crippen molar-refractivity contribution in [1.82, 2.24) is 127 Å². The number of pyridine rings is 5. The lowest BCUT2D eigenvalue weighted by Gasteiger charge is -2.33. The number of nitrogens with zero attached hydrogens (tertiary/aromatic N) is 21. The van der Waals surface area contributed by atoms with Gasteiger partial charge in [0.25, 0.3) is 35.4 Å². The van der Waals surface area contributed by atoms with Gasteiger partial charge in [-0.3, -0.25) is 77.0 Å². The number of hydrogen-bond acceptors (Lipinski definition) is 28. The zero-order valence-electron chi connectivity index (χ0n) is 73.6. The van der Waals surface area contributed by atoms with E-state index in [0.717, 1.165) is 164 Å². The molecule has 141 heavy (non-hydrogen) atoms. The molecule has 40 nitrogen and oxygen atoms in total. The quantitative estimate of drug-likeness (QED) is 0.0625. The van der Waals surface area contributed by atoms with Crippen molar-refractivity contribution >= 4 is 226 Å². The monoisotopic (exact) mass is 2010 g/mol. The summed E-state index contributed by atoms with van der Waals surface area (Å²) in [6.45, 7) is 6.01. The maximum absolute atomic E-state index is 12.1. The fourth-order valence-corrected chi connectivity index (χ4v) is 20.9. The van der Waals surface area contributed by atoms with Crippen molar-refractivity contribution in [2.75, 3.05) is 45.2 Å². The third kappa shape index (κ3) is 19.7. The third-order valence-electron chi connectivity index (χ3n) is 22.5. The fraction of sp³-hybridized carbons (Fsp3) is 0.0745. The molecule has 0 spiro atoms. The lowest BCUT2D eigenvalue weighted by molar-refractivity contribution is -0.115. The van der Waals surface area contributed by atoms with Crippen LogP contribution in [0.25, 0.3) is 162 Å². The van der Waals surface area contributed by atoms with E-state index in [1.165, 1.54) is 59.9 Å². The number of likely N-dealkylation sites (N-methyl/N-ethyl adjacent to an activating group) is 1. The number of nitrogens with one attached hydrogen (secondary N) is 6. The Morgan fingerprint density at radius 3 is 1.06 bits per heavy atom. The second kappa shape index (κ2) is 40.1. The molecule has 0 saturated carbocycles. The molecule has 0 bridgehead atoms. The molecule has 7 aliphatic heterocycles. The molecule has 1 saturated heterocycles. The lowest BCUT2D eigenvalue weighted by atomic mass is 10.0. The van der Waals surface area contributed by atoms with E-state index in [-0.39, 0.29) is 47.9 Å². The first-order chi connectivity index (χ1) is 68.0. The summed E-state index contributed by atoms with van der Waals surface area (Å²) >= 11 is 0. The van der Waals surface area contributed by atoms with Gasteiger partial charge in [0.15, 0.2) is 102 Å². The third-order valence-corrected chi connectivity index (χ3v) is 28.8. The van der Waals surface area contributed by atoms with Gasteiger partial charge in [-0.2, -0.15) is 30.6 Å². The summed E-state index contributed by atoms with van der Waals surface area (Å²) in [6, 6.07) is 50.6. The molecule has 19 heterocycles. The van der Waals surface area contributed by atoms with Crippen molar-refractivity contribution < 1.29 is 58.8 Å². The number of fused-ring (bicyclic) bond motifs is 7. The Kier molecular flexibility index (Phi) is 26.5. The van der Waals surface area contributed by atoms with Crippen LogP contribution in [0, 0.1) is 6.92 Å². The molecule has 0 radical (unpaired) electrons. The number of methoxy groups -OCH3 is 1. The van der Waals surface area contributed by atoms with E-state index < -0.39 is 65.9 Å². The molecule has 6 atom stereocenters. The number of halogens is 1. The van der Waals surface area contributed by atoms with Gasteiger partial charge in [-0.05, 0) is 174 Å². The number of amides is 6. The van der Waals surface area contributed by atoms with Crippen molar-refractivity contribution in [3.8, 4) is 61.4 Å². The van der Waals surface area contributed by atoms with Crippen molar-refractivity contribution in [3.05, 3.63) is 299 Å². The second-order valence-corrected chi connectivity index (χ2v) is 38.4. The predicted molar refractivity (Wildman–Crippen MR) is 539 cm³/mol. The summed E-state index contributed by atoms with van der Waals surface area (Å²) < 4.78 is 99.6. The van der Waals surface area contributed by atoms with Gasteiger partial charge >= 0.3 is 0 Å². The highest BCUT2D eigenvalue weighted by Crippen LogP contribution is 2.36. The highest BCUT2D eigenvalue weighted by atomic mass is 35.5. The van der Waals surface area contributed by atoms with Crippen LogP contribution in [0.2, 0.25) is 0 Å². The Bertz CT molecular complexity index is 8400. The highest BCUT2D eigenvalue weighted by molar-refractivity contribution is 7.95. The average Bonchev–Trinajstić information content (AvgIpc) is 1.66. The number of anilines is 1. The molecule has 6 amide bonds. The summed E-state index contributed by atoms with van der Waals surface area (Å²) in [7, 11) is -5.73. The molecule has 6 aromatic carbocycles. The van der Waals surface area contributed by atoms with Gasteiger partial charge in [-0.1, -0.05) is 36.4 Å². The normalized spacial score (nSPS) is 18.0. The summed E-state index contributed by atoms with van der Waals surface area (Å²) in [5.41, 5.74) is 17.3. The lowest BCUT2D eigenvalue weighted by Crippen LogP contribution is -2.44. The Balaban J connectivity index is 0.000000108. The molecule has 18 aromatic rings. The van der Waals surface area contributed by atoms with Crippen LogP contribution in [-0.2, 0) is 94.7 Å². The summed E-state index contributed by atoms with van der Waals surface area (Å²) in [5, 5.41) is 32.9. The van der Waals surface area contributed by atoms with E-state index in [4.69, 9.17) is 4.74 Å². The maximum atomic E-state index is 12.1. The van der Waals surface area contributed by atoms with Gasteiger partial charge in [0.2, 0.25) is 0 Å². The molecular formula is C94H72ClN27O13S6. The van der Waals surface area contributed by atoms with Crippen LogP contribution in [0.1, 0.15) is 5.56 Å². The SMILES string of the molecule is CN1CCN(c2cc(-c3ccc4c(cnn4C4=CC(=O)NS4=O)c3)ccn2)CC1.COc1ccc2cnn(C3=CC(=O)NS3=O)c2c1.Cc1cncc(-c2ccc3c(cnn3C3=CC(=O)NS3=O)c2)c1.Cl.O=C1C=C(n2ncc3cc(-c4cccnc4)ccc32)S(=O)N1.O=C1C=C(n2ncc3cc(-c4ccncc4)ccc32)S(=O)N1.O=C1C=C(n2ncc3cc(-c4cnc5nccnc5c4)ccc32)S(=O)N1. The molecule has 12 aromatic heterocycles. The number of piperazine rings is 1. The van der Waals surface area contributed by atoms with Crippen LogP contribution in [0.3, 0.4) is 0 Å². The predicted octanol–water partition coefficient (Wildman–Crippen LogP) is 9.51. The number of ether oxygens (including phenoxy) is 1. The minimum Gasteiger partial charge on any atom is -0.497 e. The molecule has 25 rings (SSSR count). The number of benzene rings is 6. The minimum atomic E-state index is -1.60. The molecule has 0 aliphatic carbocycles. The zero-order valence-corrected chi connectivity index (χ0v) is 79.3. The van der Waals surface area contributed by atoms with Crippen LogP contribution < -0.4 is 38.0 Å². The minimum absolute atomic E-state index is 0. The first kappa shape index (κ1) is 93.3. The van der Waals surface area contributed by atoms with E-state index >= 15 is 0 Å². The topological polar surface area (TPSA) is 490 Å². The van der Waals surface area contributed by atoms with E-state index in [1.54, 1.807) is 98.4 Å². The number of carbonyl (C=O) groups excluding carboxylic acids is 6. The Labute approximate surface area is 818 Å². The van der Waals surface area contributed by atoms with E-state index in [2.05, 4.69) is 129 Å². The molecule has 704 valence electrons. The summed E-state index contributed by atoms with van der Waals surface area (Å²) in [5.74, 6) is -0.585. The zero-order chi connectivity index (χ0) is 96.5. The number of aryl methyl sites for hydroxylation is 1. The van der Waals surface area contributed by atoms with Gasteiger partial charge in [0, 0.05) is 180 Å². The van der Waals surface area contributed by atoms with Crippen molar-refractivity contribution in [3.63, 3.8) is 0 Å². The first-order valence-electron chi connectivity index (χ1n) is 42.3. The van der Waals surface area contributed by atoms with Crippen molar-refractivity contribution in [2.24, 2.45) is 0 Å². The number of carbonyl (C=O) groups is 6. The van der Waals surface area contributed by atoms with E-state index in [0.29, 0.717) is 41.6 Å². The van der Waals surface area contributed by atoms with Crippen LogP contribution in [0.15, 0.2) is 293 Å². The largest absolute Gasteiger partial charge is 0.497 e. The van der Waals surface area contributed by atoms with Crippen molar-refractivity contribution in [2.45, 2.75) is 6.92 Å². The Hall–Kier alpha value is -16.8. The smallest absolute Gasteiger partial charge is 0.258 e. The van der Waals surface area contributed by atoms with Crippen LogP contribution in [0.5, 0.6) is 5.75 Å². The Morgan fingerprint density at radius 1 is 0.298 bits per heavy atom. The van der Waals surface area contributed by atoms with Crippen molar-refractivity contribution in [1.29, 1.82) is 0 Å². The number of hydrogen-bond donors (Lipinski definition) is 6. The van der Waals surface area contributed by atoms with Gasteiger partial charge < -0.3 is 14.5 Å². The van der Waals surface area contributed by atoms with E-state index in [9.17, 15) is 54.0 Å². The van der Waals surface area contributed by atoms with Gasteiger partial charge in [-0.25, -0.2) is 68.3 Å². The number of rotatable bonds is 13. The van der Waals surface area contributed by atoms with Crippen LogP contribution >= 0.6 is 12.4 Å². The number of aromatic nitrogens is 19. The van der Waals surface area contributed by atoms with Crippen LogP contribution in [0.4, 0.5) is 5.82 Å². The van der Waals surface area contributed by atoms with Gasteiger partial charge in [-0.15, -0.1) is 12.4 Å². The van der Waals surface area contributed by atoms with Gasteiger partial charge in [0.1, 0.15) is 17.1 Å². The molecule has 6 N–H and O–H groups in total.